The number of halogens is 1. The third-order valence-corrected chi connectivity index (χ3v) is 3.93. The average Bonchev–Trinajstić information content (AvgIpc) is 2.80. The summed E-state index contributed by atoms with van der Waals surface area (Å²) in [5.41, 5.74) is 2.90. The number of benzene rings is 2. The van der Waals surface area contributed by atoms with Gasteiger partial charge in [-0.1, -0.05) is 35.5 Å². The van der Waals surface area contributed by atoms with Crippen molar-refractivity contribution in [1.82, 2.24) is 9.97 Å². The van der Waals surface area contributed by atoms with E-state index in [-0.39, 0.29) is 5.75 Å². The first-order valence-corrected chi connectivity index (χ1v) is 7.13. The Hall–Kier alpha value is -1.65. The zero-order valence-electron chi connectivity index (χ0n) is 9.93. The van der Waals surface area contributed by atoms with Crippen molar-refractivity contribution in [3.05, 3.63) is 53.1 Å². The third kappa shape index (κ3) is 2.85. The first kappa shape index (κ1) is 12.4. The smallest absolute Gasteiger partial charge is 0.166 e. The molecule has 3 aromatic rings. The largest absolute Gasteiger partial charge is 0.508 e. The molecule has 0 aliphatic heterocycles. The van der Waals surface area contributed by atoms with Gasteiger partial charge in [0.05, 0.1) is 11.0 Å². The molecule has 3 rings (SSSR count). The van der Waals surface area contributed by atoms with Crippen LogP contribution in [0.5, 0.6) is 5.75 Å². The number of fused-ring (bicyclic) bond motifs is 1. The quantitative estimate of drug-likeness (QED) is 0.710. The maximum atomic E-state index is 9.41. The molecule has 0 amide bonds. The Bertz CT molecular complexity index is 709. The van der Waals surface area contributed by atoms with E-state index >= 15 is 0 Å². The fourth-order valence-electron chi connectivity index (χ4n) is 1.77. The second-order valence-electron chi connectivity index (χ2n) is 4.16. The van der Waals surface area contributed by atoms with Gasteiger partial charge in [0.15, 0.2) is 5.16 Å². The average molecular weight is 291 g/mol. The zero-order valence-corrected chi connectivity index (χ0v) is 11.5. The molecule has 96 valence electrons. The van der Waals surface area contributed by atoms with Crippen molar-refractivity contribution in [1.29, 1.82) is 0 Å². The van der Waals surface area contributed by atoms with E-state index in [4.69, 9.17) is 11.6 Å². The number of aromatic hydroxyl groups is 1. The summed E-state index contributed by atoms with van der Waals surface area (Å²) in [6.45, 7) is 0. The summed E-state index contributed by atoms with van der Waals surface area (Å²) in [6, 6.07) is 12.9. The van der Waals surface area contributed by atoms with E-state index in [0.717, 1.165) is 27.0 Å². The second kappa shape index (κ2) is 5.15. The predicted octanol–water partition coefficient (Wildman–Crippen LogP) is 4.21. The van der Waals surface area contributed by atoms with Crippen molar-refractivity contribution in [3.8, 4) is 5.75 Å². The Balaban J connectivity index is 1.76. The van der Waals surface area contributed by atoms with Gasteiger partial charge in [-0.25, -0.2) is 4.98 Å². The summed E-state index contributed by atoms with van der Waals surface area (Å²) in [6.07, 6.45) is 0. The minimum Gasteiger partial charge on any atom is -0.508 e. The molecule has 0 aliphatic rings. The molecule has 1 aromatic heterocycles. The number of H-pyrrole nitrogens is 1. The van der Waals surface area contributed by atoms with Crippen LogP contribution in [0.4, 0.5) is 0 Å². The van der Waals surface area contributed by atoms with E-state index < -0.39 is 0 Å². The lowest BCUT2D eigenvalue weighted by Crippen LogP contribution is -1.81. The van der Waals surface area contributed by atoms with Gasteiger partial charge in [-0.3, -0.25) is 0 Å². The molecular weight excluding hydrogens is 280 g/mol. The van der Waals surface area contributed by atoms with Gasteiger partial charge in [0, 0.05) is 16.8 Å². The number of nitrogens with zero attached hydrogens (tertiary/aromatic N) is 1. The molecule has 5 heteroatoms. The van der Waals surface area contributed by atoms with Gasteiger partial charge >= 0.3 is 0 Å². The van der Waals surface area contributed by atoms with Crippen LogP contribution in [0.2, 0.25) is 5.02 Å². The molecular formula is C14H11ClN2OS. The first-order chi connectivity index (χ1) is 9.20. The lowest BCUT2D eigenvalue weighted by Gasteiger charge is -1.98. The maximum absolute atomic E-state index is 9.41. The van der Waals surface area contributed by atoms with Crippen LogP contribution in [0, 0.1) is 0 Å². The number of aromatic amines is 1. The van der Waals surface area contributed by atoms with Crippen LogP contribution in [0.15, 0.2) is 47.6 Å². The number of aromatic nitrogens is 2. The Morgan fingerprint density at radius 1 is 1.16 bits per heavy atom. The van der Waals surface area contributed by atoms with Gasteiger partial charge in [-0.2, -0.15) is 0 Å². The summed E-state index contributed by atoms with van der Waals surface area (Å²) < 4.78 is 0. The van der Waals surface area contributed by atoms with Crippen LogP contribution in [-0.4, -0.2) is 15.1 Å². The van der Waals surface area contributed by atoms with E-state index in [1.807, 2.05) is 24.3 Å². The highest BCUT2D eigenvalue weighted by Gasteiger charge is 2.04. The Morgan fingerprint density at radius 3 is 2.74 bits per heavy atom. The van der Waals surface area contributed by atoms with Crippen LogP contribution in [-0.2, 0) is 5.75 Å². The van der Waals surface area contributed by atoms with Crippen molar-refractivity contribution in [2.45, 2.75) is 10.9 Å². The lowest BCUT2D eigenvalue weighted by molar-refractivity contribution is 0.476. The molecule has 2 aromatic carbocycles. The standard InChI is InChI=1S/C14H11ClN2OS/c15-10-3-1-9(2-4-10)8-19-14-16-12-6-5-11(18)7-13(12)17-14/h1-7,18H,8H2,(H,16,17). The van der Waals surface area contributed by atoms with Crippen LogP contribution in [0.1, 0.15) is 5.56 Å². The third-order valence-electron chi connectivity index (χ3n) is 2.73. The molecule has 0 saturated carbocycles. The summed E-state index contributed by atoms with van der Waals surface area (Å²) >= 11 is 7.47. The number of imidazole rings is 1. The Labute approximate surface area is 119 Å². The molecule has 0 spiro atoms. The van der Waals surface area contributed by atoms with E-state index in [1.165, 1.54) is 5.56 Å². The maximum Gasteiger partial charge on any atom is 0.166 e. The Kier molecular flexibility index (Phi) is 3.36. The van der Waals surface area contributed by atoms with Gasteiger partial charge in [0.25, 0.3) is 0 Å². The SMILES string of the molecule is Oc1ccc2nc(SCc3ccc(Cl)cc3)[nH]c2c1. The van der Waals surface area contributed by atoms with Gasteiger partial charge in [-0.05, 0) is 29.8 Å². The second-order valence-corrected chi connectivity index (χ2v) is 5.56. The van der Waals surface area contributed by atoms with E-state index in [2.05, 4.69) is 9.97 Å². The summed E-state index contributed by atoms with van der Waals surface area (Å²) in [5, 5.41) is 11.0. The first-order valence-electron chi connectivity index (χ1n) is 5.77. The fraction of sp³-hybridized carbons (Fsp3) is 0.0714. The fourth-order valence-corrected chi connectivity index (χ4v) is 2.74. The molecule has 0 saturated heterocycles. The van der Waals surface area contributed by atoms with Gasteiger partial charge < -0.3 is 10.1 Å². The monoisotopic (exact) mass is 290 g/mol. The van der Waals surface area contributed by atoms with Crippen molar-refractivity contribution in [3.63, 3.8) is 0 Å². The van der Waals surface area contributed by atoms with Gasteiger partial charge in [0.2, 0.25) is 0 Å². The number of rotatable bonds is 3. The molecule has 0 fully saturated rings. The lowest BCUT2D eigenvalue weighted by atomic mass is 10.2. The molecule has 0 bridgehead atoms. The van der Waals surface area contributed by atoms with Crippen LogP contribution in [0.3, 0.4) is 0 Å². The highest BCUT2D eigenvalue weighted by Crippen LogP contribution is 2.25. The number of phenolic OH excluding ortho intramolecular Hbond substituents is 1. The van der Waals surface area contributed by atoms with Crippen LogP contribution >= 0.6 is 23.4 Å². The van der Waals surface area contributed by atoms with Gasteiger partial charge in [0.1, 0.15) is 5.75 Å². The number of hydrogen-bond acceptors (Lipinski definition) is 3. The predicted molar refractivity (Wildman–Crippen MR) is 78.8 cm³/mol. The summed E-state index contributed by atoms with van der Waals surface area (Å²) in [4.78, 5) is 7.64. The highest BCUT2D eigenvalue weighted by atomic mass is 35.5. The number of thioether (sulfide) groups is 1. The summed E-state index contributed by atoms with van der Waals surface area (Å²) in [7, 11) is 0. The molecule has 0 aliphatic carbocycles. The molecule has 0 unspecified atom stereocenters. The van der Waals surface area contributed by atoms with Crippen LogP contribution in [0.25, 0.3) is 11.0 Å². The Morgan fingerprint density at radius 2 is 1.95 bits per heavy atom. The van der Waals surface area contributed by atoms with Gasteiger partial charge in [-0.15, -0.1) is 0 Å². The van der Waals surface area contributed by atoms with Crippen LogP contribution < -0.4 is 0 Å². The number of nitrogens with one attached hydrogen (secondary N) is 1. The minimum absolute atomic E-state index is 0.241. The highest BCUT2D eigenvalue weighted by molar-refractivity contribution is 7.98. The van der Waals surface area contributed by atoms with E-state index in [9.17, 15) is 5.11 Å². The number of hydrogen-bond donors (Lipinski definition) is 2. The van der Waals surface area contributed by atoms with Crippen molar-refractivity contribution >= 4 is 34.4 Å². The van der Waals surface area contributed by atoms with Crippen molar-refractivity contribution in [2.75, 3.05) is 0 Å². The van der Waals surface area contributed by atoms with Crippen molar-refractivity contribution in [2.24, 2.45) is 0 Å². The molecule has 19 heavy (non-hydrogen) atoms. The molecule has 0 radical (unpaired) electrons. The molecule has 2 N–H and O–H groups in total. The topological polar surface area (TPSA) is 48.9 Å². The van der Waals surface area contributed by atoms with E-state index in [1.54, 1.807) is 30.0 Å². The minimum atomic E-state index is 0.241. The normalized spacial score (nSPS) is 11.0. The van der Waals surface area contributed by atoms with E-state index in [0.29, 0.717) is 0 Å². The molecule has 0 atom stereocenters. The number of phenols is 1. The summed E-state index contributed by atoms with van der Waals surface area (Å²) in [5.74, 6) is 1.06. The zero-order chi connectivity index (χ0) is 13.2. The molecule has 1 heterocycles. The van der Waals surface area contributed by atoms with Crippen molar-refractivity contribution < 1.29 is 5.11 Å². The molecule has 3 nitrogen and oxygen atoms in total.